The van der Waals surface area contributed by atoms with E-state index < -0.39 is 15.9 Å². The van der Waals surface area contributed by atoms with Gasteiger partial charge in [0.2, 0.25) is 0 Å². The van der Waals surface area contributed by atoms with E-state index in [1.165, 1.54) is 37.4 Å². The van der Waals surface area contributed by atoms with Crippen LogP contribution in [0.3, 0.4) is 0 Å². The summed E-state index contributed by atoms with van der Waals surface area (Å²) in [4.78, 5) is 24.5. The van der Waals surface area contributed by atoms with Crippen molar-refractivity contribution in [3.8, 4) is 5.75 Å². The van der Waals surface area contributed by atoms with Crippen LogP contribution in [0.2, 0.25) is 0 Å². The first-order chi connectivity index (χ1) is 17.8. The zero-order valence-corrected chi connectivity index (χ0v) is 20.8. The number of hydrogen-bond acceptors (Lipinski definition) is 5. The number of anilines is 2. The lowest BCUT2D eigenvalue weighted by Crippen LogP contribution is -2.18. The zero-order chi connectivity index (χ0) is 26.3. The summed E-state index contributed by atoms with van der Waals surface area (Å²) >= 11 is 0. The summed E-state index contributed by atoms with van der Waals surface area (Å²) < 4.78 is 34.2. The molecule has 0 aliphatic rings. The Morgan fingerprint density at radius 2 is 1.41 bits per heavy atom. The van der Waals surface area contributed by atoms with Gasteiger partial charge in [0, 0.05) is 29.5 Å². The fourth-order valence-electron chi connectivity index (χ4n) is 3.46. The molecule has 0 spiro atoms. The predicted molar refractivity (Wildman–Crippen MR) is 142 cm³/mol. The molecule has 0 heterocycles. The molecule has 37 heavy (non-hydrogen) atoms. The summed E-state index contributed by atoms with van der Waals surface area (Å²) in [6, 6.07) is 28.4. The molecular weight excluding hydrogens is 490 g/mol. The van der Waals surface area contributed by atoms with Gasteiger partial charge in [-0.3, -0.25) is 14.3 Å². The molecule has 2 amide bonds. The molecule has 8 nitrogen and oxygen atoms in total. The maximum Gasteiger partial charge on any atom is 0.261 e. The van der Waals surface area contributed by atoms with E-state index in [-0.39, 0.29) is 16.4 Å². The monoisotopic (exact) mass is 515 g/mol. The standard InChI is InChI=1S/C28H25N3O5S/c1-29-27(32)21-9-5-11-24(17-21)30-28(33)22-10-6-12-26(18-22)37(34,35)31-23-13-15-25(16-14-23)36-19-20-7-3-2-4-8-20/h2-18,31H,19H2,1H3,(H,29,32)(H,30,33). The van der Waals surface area contributed by atoms with Crippen molar-refractivity contribution in [3.63, 3.8) is 0 Å². The summed E-state index contributed by atoms with van der Waals surface area (Å²) in [7, 11) is -2.44. The van der Waals surface area contributed by atoms with Crippen LogP contribution in [-0.4, -0.2) is 27.3 Å². The Morgan fingerprint density at radius 1 is 0.730 bits per heavy atom. The van der Waals surface area contributed by atoms with Gasteiger partial charge in [-0.25, -0.2) is 8.42 Å². The molecule has 0 saturated heterocycles. The first-order valence-corrected chi connectivity index (χ1v) is 12.9. The van der Waals surface area contributed by atoms with Crippen molar-refractivity contribution in [2.75, 3.05) is 17.1 Å². The van der Waals surface area contributed by atoms with Gasteiger partial charge in [0.05, 0.1) is 4.90 Å². The summed E-state index contributed by atoms with van der Waals surface area (Å²) in [5, 5.41) is 5.21. The van der Waals surface area contributed by atoms with Crippen LogP contribution in [0.1, 0.15) is 26.3 Å². The molecule has 0 fully saturated rings. The van der Waals surface area contributed by atoms with Gasteiger partial charge >= 0.3 is 0 Å². The largest absolute Gasteiger partial charge is 0.489 e. The van der Waals surface area contributed by atoms with Gasteiger partial charge in [0.15, 0.2) is 0 Å². The van der Waals surface area contributed by atoms with Crippen LogP contribution >= 0.6 is 0 Å². The number of benzene rings is 4. The number of hydrogen-bond donors (Lipinski definition) is 3. The van der Waals surface area contributed by atoms with Crippen molar-refractivity contribution in [1.29, 1.82) is 0 Å². The van der Waals surface area contributed by atoms with E-state index in [1.807, 2.05) is 30.3 Å². The average molecular weight is 516 g/mol. The highest BCUT2D eigenvalue weighted by Crippen LogP contribution is 2.21. The van der Waals surface area contributed by atoms with E-state index >= 15 is 0 Å². The van der Waals surface area contributed by atoms with Crippen LogP contribution in [0.5, 0.6) is 5.75 Å². The van der Waals surface area contributed by atoms with E-state index in [4.69, 9.17) is 4.74 Å². The summed E-state index contributed by atoms with van der Waals surface area (Å²) in [6.07, 6.45) is 0. The Labute approximate surface area is 215 Å². The zero-order valence-electron chi connectivity index (χ0n) is 20.0. The fraction of sp³-hybridized carbons (Fsp3) is 0.0714. The minimum absolute atomic E-state index is 0.0661. The molecule has 0 radical (unpaired) electrons. The molecule has 3 N–H and O–H groups in total. The molecule has 0 aromatic heterocycles. The Bertz CT molecular complexity index is 1500. The lowest BCUT2D eigenvalue weighted by atomic mass is 10.1. The van der Waals surface area contributed by atoms with E-state index in [1.54, 1.807) is 42.5 Å². The lowest BCUT2D eigenvalue weighted by Gasteiger charge is -2.11. The van der Waals surface area contributed by atoms with Crippen LogP contribution in [-0.2, 0) is 16.6 Å². The van der Waals surface area contributed by atoms with Crippen LogP contribution in [0, 0.1) is 0 Å². The Hall–Kier alpha value is -4.63. The second kappa shape index (κ2) is 11.4. The average Bonchev–Trinajstić information content (AvgIpc) is 2.93. The van der Waals surface area contributed by atoms with Gasteiger partial charge in [-0.15, -0.1) is 0 Å². The quantitative estimate of drug-likeness (QED) is 0.300. The van der Waals surface area contributed by atoms with Crippen molar-refractivity contribution >= 4 is 33.2 Å². The molecular formula is C28H25N3O5S. The minimum Gasteiger partial charge on any atom is -0.489 e. The van der Waals surface area contributed by atoms with Crippen LogP contribution in [0.4, 0.5) is 11.4 Å². The first kappa shape index (κ1) is 25.5. The highest BCUT2D eigenvalue weighted by molar-refractivity contribution is 7.92. The van der Waals surface area contributed by atoms with E-state index in [0.717, 1.165) is 5.56 Å². The van der Waals surface area contributed by atoms with Crippen molar-refractivity contribution in [3.05, 3.63) is 120 Å². The number of carbonyl (C=O) groups excluding carboxylic acids is 2. The minimum atomic E-state index is -3.96. The second-order valence-electron chi connectivity index (χ2n) is 8.05. The SMILES string of the molecule is CNC(=O)c1cccc(NC(=O)c2cccc(S(=O)(=O)Nc3ccc(OCc4ccccc4)cc3)c2)c1. The molecule has 4 aromatic rings. The van der Waals surface area contributed by atoms with Gasteiger partial charge in [-0.2, -0.15) is 0 Å². The molecule has 4 aromatic carbocycles. The van der Waals surface area contributed by atoms with Crippen molar-refractivity contribution in [2.24, 2.45) is 0 Å². The van der Waals surface area contributed by atoms with Crippen LogP contribution in [0.15, 0.2) is 108 Å². The predicted octanol–water partition coefficient (Wildman–Crippen LogP) is 4.68. The second-order valence-corrected chi connectivity index (χ2v) is 9.73. The number of sulfonamides is 1. The third-order valence-electron chi connectivity index (χ3n) is 5.37. The molecule has 188 valence electrons. The van der Waals surface area contributed by atoms with E-state index in [9.17, 15) is 18.0 Å². The fourth-order valence-corrected chi connectivity index (χ4v) is 4.57. The molecule has 0 aliphatic carbocycles. The highest BCUT2D eigenvalue weighted by Gasteiger charge is 2.17. The van der Waals surface area contributed by atoms with Gasteiger partial charge < -0.3 is 15.4 Å². The maximum absolute atomic E-state index is 13.0. The van der Waals surface area contributed by atoms with Gasteiger partial charge in [0.1, 0.15) is 12.4 Å². The Morgan fingerprint density at radius 3 is 2.11 bits per heavy atom. The number of amides is 2. The number of ether oxygens (including phenoxy) is 1. The Balaban J connectivity index is 1.42. The maximum atomic E-state index is 13.0. The lowest BCUT2D eigenvalue weighted by molar-refractivity contribution is 0.0961. The molecule has 0 saturated carbocycles. The van der Waals surface area contributed by atoms with E-state index in [0.29, 0.717) is 29.3 Å². The van der Waals surface area contributed by atoms with Crippen molar-refractivity contribution in [2.45, 2.75) is 11.5 Å². The number of nitrogens with one attached hydrogen (secondary N) is 3. The van der Waals surface area contributed by atoms with E-state index in [2.05, 4.69) is 15.4 Å². The topological polar surface area (TPSA) is 114 Å². The number of rotatable bonds is 9. The molecule has 0 atom stereocenters. The molecule has 0 bridgehead atoms. The Kier molecular flexibility index (Phi) is 7.85. The van der Waals surface area contributed by atoms with Crippen molar-refractivity contribution in [1.82, 2.24) is 5.32 Å². The third-order valence-corrected chi connectivity index (χ3v) is 6.75. The molecule has 9 heteroatoms. The van der Waals surface area contributed by atoms with Crippen LogP contribution in [0.25, 0.3) is 0 Å². The van der Waals surface area contributed by atoms with Gasteiger partial charge in [0.25, 0.3) is 21.8 Å². The number of carbonyl (C=O) groups is 2. The molecule has 0 unspecified atom stereocenters. The summed E-state index contributed by atoms with van der Waals surface area (Å²) in [5.41, 5.74) is 2.32. The third kappa shape index (κ3) is 6.74. The molecule has 0 aliphatic heterocycles. The summed E-state index contributed by atoms with van der Waals surface area (Å²) in [6.45, 7) is 0.400. The highest BCUT2D eigenvalue weighted by atomic mass is 32.2. The summed E-state index contributed by atoms with van der Waals surface area (Å²) in [5.74, 6) is -0.192. The smallest absolute Gasteiger partial charge is 0.261 e. The van der Waals surface area contributed by atoms with Gasteiger partial charge in [-0.1, -0.05) is 42.5 Å². The first-order valence-electron chi connectivity index (χ1n) is 11.4. The van der Waals surface area contributed by atoms with Gasteiger partial charge in [-0.05, 0) is 66.2 Å². The normalized spacial score (nSPS) is 10.8. The molecule has 4 rings (SSSR count). The van der Waals surface area contributed by atoms with Crippen LogP contribution < -0.4 is 20.1 Å². The van der Waals surface area contributed by atoms with Crippen molar-refractivity contribution < 1.29 is 22.7 Å².